The zero-order valence-electron chi connectivity index (χ0n) is 11.2. The molecule has 0 amide bonds. The van der Waals surface area contributed by atoms with Crippen LogP contribution in [-0.2, 0) is 11.3 Å². The zero-order chi connectivity index (χ0) is 15.4. The molecule has 0 aromatic carbocycles. The summed E-state index contributed by atoms with van der Waals surface area (Å²) in [5.74, 6) is -0.392. The second kappa shape index (κ2) is 6.84. The molecule has 0 aliphatic heterocycles. The summed E-state index contributed by atoms with van der Waals surface area (Å²) in [7, 11) is 0. The van der Waals surface area contributed by atoms with Gasteiger partial charge in [-0.3, -0.25) is 0 Å². The van der Waals surface area contributed by atoms with E-state index in [1.54, 1.807) is 17.7 Å². The number of rotatable bonds is 5. The Hall–Kier alpha value is -1.70. The normalized spacial score (nSPS) is 10.7. The molecule has 0 unspecified atom stereocenters. The Morgan fingerprint density at radius 3 is 2.86 bits per heavy atom. The standard InChI is InChI=1S/C12H13Cl2N5O2/c1-2-21-11(20)10-17-8(6-19(10)4-3-15)9-7(13)5-16-12(14)18-9/h5-6H,2-4,15H2,1H3. The minimum Gasteiger partial charge on any atom is -0.460 e. The second-order valence-electron chi connectivity index (χ2n) is 3.99. The maximum absolute atomic E-state index is 11.9. The van der Waals surface area contributed by atoms with Crippen molar-refractivity contribution in [2.45, 2.75) is 13.5 Å². The van der Waals surface area contributed by atoms with Crippen LogP contribution in [0.4, 0.5) is 0 Å². The van der Waals surface area contributed by atoms with Crippen molar-refractivity contribution >= 4 is 29.2 Å². The lowest BCUT2D eigenvalue weighted by molar-refractivity contribution is 0.0506. The molecule has 2 heterocycles. The van der Waals surface area contributed by atoms with Gasteiger partial charge in [-0.05, 0) is 18.5 Å². The molecule has 9 heteroatoms. The number of esters is 1. The van der Waals surface area contributed by atoms with Crippen LogP contribution in [0.2, 0.25) is 10.3 Å². The van der Waals surface area contributed by atoms with Crippen molar-refractivity contribution in [1.82, 2.24) is 19.5 Å². The van der Waals surface area contributed by atoms with Crippen LogP contribution < -0.4 is 5.73 Å². The molecule has 2 N–H and O–H groups in total. The topological polar surface area (TPSA) is 95.9 Å². The number of hydrogen-bond acceptors (Lipinski definition) is 6. The number of nitrogens with two attached hydrogens (primary N) is 1. The third-order valence-corrected chi connectivity index (χ3v) is 3.02. The summed E-state index contributed by atoms with van der Waals surface area (Å²) < 4.78 is 6.56. The first-order valence-electron chi connectivity index (χ1n) is 6.19. The van der Waals surface area contributed by atoms with Gasteiger partial charge in [-0.1, -0.05) is 11.6 Å². The summed E-state index contributed by atoms with van der Waals surface area (Å²) >= 11 is 11.8. The molecule has 0 fully saturated rings. The molecule has 0 saturated heterocycles. The first-order valence-corrected chi connectivity index (χ1v) is 6.95. The summed E-state index contributed by atoms with van der Waals surface area (Å²) in [4.78, 5) is 23.9. The van der Waals surface area contributed by atoms with Gasteiger partial charge in [0.1, 0.15) is 11.4 Å². The monoisotopic (exact) mass is 329 g/mol. The lowest BCUT2D eigenvalue weighted by Crippen LogP contribution is -2.17. The number of halogens is 2. The highest BCUT2D eigenvalue weighted by Crippen LogP contribution is 2.25. The van der Waals surface area contributed by atoms with Gasteiger partial charge in [0.05, 0.1) is 17.8 Å². The molecule has 0 spiro atoms. The number of ether oxygens (including phenoxy) is 1. The fourth-order valence-corrected chi connectivity index (χ4v) is 2.04. The van der Waals surface area contributed by atoms with Crippen LogP contribution >= 0.6 is 23.2 Å². The van der Waals surface area contributed by atoms with E-state index < -0.39 is 5.97 Å². The molecular formula is C12H13Cl2N5O2. The summed E-state index contributed by atoms with van der Waals surface area (Å²) in [6, 6.07) is 0. The van der Waals surface area contributed by atoms with Crippen LogP contribution in [-0.4, -0.2) is 38.6 Å². The average Bonchev–Trinajstić information content (AvgIpc) is 2.86. The second-order valence-corrected chi connectivity index (χ2v) is 4.73. The van der Waals surface area contributed by atoms with Gasteiger partial charge >= 0.3 is 5.97 Å². The number of nitrogens with zero attached hydrogens (tertiary/aromatic N) is 4. The van der Waals surface area contributed by atoms with E-state index in [1.165, 1.54) is 6.20 Å². The molecule has 0 atom stereocenters. The SMILES string of the molecule is CCOC(=O)c1nc(-c2nc(Cl)ncc2Cl)cn1CCN. The smallest absolute Gasteiger partial charge is 0.374 e. The summed E-state index contributed by atoms with van der Waals surface area (Å²) in [5.41, 5.74) is 6.28. The van der Waals surface area contributed by atoms with Crippen LogP contribution in [0, 0.1) is 0 Å². The average molecular weight is 330 g/mol. The lowest BCUT2D eigenvalue weighted by Gasteiger charge is -2.04. The predicted molar refractivity (Wildman–Crippen MR) is 78.3 cm³/mol. The lowest BCUT2D eigenvalue weighted by atomic mass is 10.3. The van der Waals surface area contributed by atoms with Crippen LogP contribution in [0.25, 0.3) is 11.4 Å². The molecule has 2 aromatic rings. The fourth-order valence-electron chi connectivity index (χ4n) is 1.72. The minimum atomic E-state index is -0.534. The molecular weight excluding hydrogens is 317 g/mol. The summed E-state index contributed by atoms with van der Waals surface area (Å²) in [6.45, 7) is 2.73. The molecule has 2 rings (SSSR count). The number of imidazole rings is 1. The van der Waals surface area contributed by atoms with E-state index in [9.17, 15) is 4.79 Å². The van der Waals surface area contributed by atoms with E-state index in [0.29, 0.717) is 24.5 Å². The summed E-state index contributed by atoms with van der Waals surface area (Å²) in [5, 5.41) is 0.327. The largest absolute Gasteiger partial charge is 0.460 e. The Balaban J connectivity index is 2.48. The van der Waals surface area contributed by atoms with E-state index in [4.69, 9.17) is 33.7 Å². The third-order valence-electron chi connectivity index (χ3n) is 2.56. The number of hydrogen-bond donors (Lipinski definition) is 1. The molecule has 0 radical (unpaired) electrons. The highest BCUT2D eigenvalue weighted by molar-refractivity contribution is 6.33. The van der Waals surface area contributed by atoms with E-state index in [-0.39, 0.29) is 22.7 Å². The molecule has 21 heavy (non-hydrogen) atoms. The van der Waals surface area contributed by atoms with Crippen molar-refractivity contribution in [3.05, 3.63) is 28.5 Å². The predicted octanol–water partition coefficient (Wildman–Crippen LogP) is 1.78. The van der Waals surface area contributed by atoms with Crippen molar-refractivity contribution in [2.24, 2.45) is 5.73 Å². The Morgan fingerprint density at radius 1 is 1.43 bits per heavy atom. The number of aromatic nitrogens is 4. The van der Waals surface area contributed by atoms with Crippen molar-refractivity contribution in [2.75, 3.05) is 13.2 Å². The van der Waals surface area contributed by atoms with Crippen LogP contribution in [0.3, 0.4) is 0 Å². The zero-order valence-corrected chi connectivity index (χ0v) is 12.7. The Bertz CT molecular complexity index is 659. The molecule has 0 aliphatic carbocycles. The third kappa shape index (κ3) is 3.49. The first kappa shape index (κ1) is 15.7. The quantitative estimate of drug-likeness (QED) is 0.663. The molecule has 2 aromatic heterocycles. The van der Waals surface area contributed by atoms with Crippen molar-refractivity contribution in [1.29, 1.82) is 0 Å². The van der Waals surface area contributed by atoms with Gasteiger partial charge in [-0.25, -0.2) is 19.7 Å². The molecule has 0 saturated carbocycles. The molecule has 0 bridgehead atoms. The van der Waals surface area contributed by atoms with Gasteiger partial charge in [0, 0.05) is 19.3 Å². The van der Waals surface area contributed by atoms with E-state index in [1.807, 2.05) is 0 Å². The van der Waals surface area contributed by atoms with Gasteiger partial charge in [0.25, 0.3) is 0 Å². The first-order chi connectivity index (χ1) is 10.1. The minimum absolute atomic E-state index is 0.0421. The summed E-state index contributed by atoms with van der Waals surface area (Å²) in [6.07, 6.45) is 3.00. The van der Waals surface area contributed by atoms with E-state index in [0.717, 1.165) is 0 Å². The van der Waals surface area contributed by atoms with Gasteiger partial charge in [-0.2, -0.15) is 0 Å². The Labute approximate surface area is 131 Å². The van der Waals surface area contributed by atoms with Gasteiger partial charge < -0.3 is 15.0 Å². The molecule has 112 valence electrons. The number of carbonyl (C=O) groups excluding carboxylic acids is 1. The fraction of sp³-hybridized carbons (Fsp3) is 0.333. The highest BCUT2D eigenvalue weighted by Gasteiger charge is 2.19. The van der Waals surface area contributed by atoms with Crippen molar-refractivity contribution < 1.29 is 9.53 Å². The number of carbonyl (C=O) groups is 1. The van der Waals surface area contributed by atoms with E-state index in [2.05, 4.69) is 15.0 Å². The van der Waals surface area contributed by atoms with Gasteiger partial charge in [0.2, 0.25) is 11.1 Å². The molecule has 7 nitrogen and oxygen atoms in total. The van der Waals surface area contributed by atoms with Crippen LogP contribution in [0.1, 0.15) is 17.5 Å². The maximum atomic E-state index is 11.9. The van der Waals surface area contributed by atoms with Gasteiger partial charge in [-0.15, -0.1) is 0 Å². The Morgan fingerprint density at radius 2 is 2.19 bits per heavy atom. The maximum Gasteiger partial charge on any atom is 0.374 e. The Kier molecular flexibility index (Phi) is 5.11. The molecule has 0 aliphatic rings. The van der Waals surface area contributed by atoms with E-state index >= 15 is 0 Å². The van der Waals surface area contributed by atoms with Crippen LogP contribution in [0.15, 0.2) is 12.4 Å². The van der Waals surface area contributed by atoms with Crippen molar-refractivity contribution in [3.63, 3.8) is 0 Å². The highest BCUT2D eigenvalue weighted by atomic mass is 35.5. The van der Waals surface area contributed by atoms with Crippen molar-refractivity contribution in [3.8, 4) is 11.4 Å². The van der Waals surface area contributed by atoms with Crippen LogP contribution in [0.5, 0.6) is 0 Å². The van der Waals surface area contributed by atoms with Gasteiger partial charge in [0.15, 0.2) is 0 Å².